The van der Waals surface area contributed by atoms with Crippen LogP contribution in [0.1, 0.15) is 26.3 Å². The highest BCUT2D eigenvalue weighted by Gasteiger charge is 2.32. The first-order valence-electron chi connectivity index (χ1n) is 9.99. The molecule has 1 fully saturated rings. The maximum absolute atomic E-state index is 13.2. The number of carbonyl (C=O) groups excluding carboxylic acids is 1. The first-order chi connectivity index (χ1) is 14.5. The van der Waals surface area contributed by atoms with Crippen molar-refractivity contribution in [3.63, 3.8) is 0 Å². The lowest BCUT2D eigenvalue weighted by Crippen LogP contribution is -2.28. The summed E-state index contributed by atoms with van der Waals surface area (Å²) in [6.45, 7) is 8.44. The van der Waals surface area contributed by atoms with Crippen molar-refractivity contribution in [2.24, 2.45) is 4.99 Å². The molecule has 2 aromatic rings. The molecule has 0 saturated carbocycles. The number of rotatable bonds is 7. The minimum atomic E-state index is -0.317. The van der Waals surface area contributed by atoms with Crippen LogP contribution >= 0.6 is 11.8 Å². The summed E-state index contributed by atoms with van der Waals surface area (Å²) >= 11 is 1.31. The number of thioether (sulfide) groups is 1. The third-order valence-electron chi connectivity index (χ3n) is 4.89. The van der Waals surface area contributed by atoms with E-state index < -0.39 is 0 Å². The van der Waals surface area contributed by atoms with Gasteiger partial charge in [-0.1, -0.05) is 0 Å². The highest BCUT2D eigenvalue weighted by atomic mass is 32.2. The standard InChI is InChI=1S/C23H26FN3O2S/c1-5-26(6-2)19-13-8-16(20(15-19)29-4)14-21-22(28)27(7-3)23(30-21)25-18-11-9-17(24)10-12-18/h8-15H,5-7H2,1-4H3/b21-14+,25-23?. The maximum atomic E-state index is 13.2. The number of likely N-dealkylation sites (N-methyl/N-ethyl adjacent to an activating group) is 1. The van der Waals surface area contributed by atoms with Crippen LogP contribution in [0.25, 0.3) is 6.08 Å². The van der Waals surface area contributed by atoms with E-state index >= 15 is 0 Å². The van der Waals surface area contributed by atoms with Crippen LogP contribution in [0.5, 0.6) is 5.75 Å². The van der Waals surface area contributed by atoms with Gasteiger partial charge < -0.3 is 9.64 Å². The van der Waals surface area contributed by atoms with E-state index in [1.807, 2.05) is 31.2 Å². The number of amides is 1. The number of ether oxygens (including phenoxy) is 1. The molecule has 0 radical (unpaired) electrons. The van der Waals surface area contributed by atoms with Gasteiger partial charge in [-0.2, -0.15) is 0 Å². The molecule has 30 heavy (non-hydrogen) atoms. The number of nitrogens with zero attached hydrogens (tertiary/aromatic N) is 3. The molecule has 0 atom stereocenters. The molecule has 0 aromatic heterocycles. The van der Waals surface area contributed by atoms with Gasteiger partial charge in [0.1, 0.15) is 11.6 Å². The van der Waals surface area contributed by atoms with E-state index in [9.17, 15) is 9.18 Å². The zero-order valence-electron chi connectivity index (χ0n) is 17.7. The Morgan fingerprint density at radius 3 is 2.43 bits per heavy atom. The van der Waals surface area contributed by atoms with Crippen molar-refractivity contribution in [2.45, 2.75) is 20.8 Å². The molecule has 0 unspecified atom stereocenters. The Morgan fingerprint density at radius 1 is 1.13 bits per heavy atom. The first kappa shape index (κ1) is 21.9. The lowest BCUT2D eigenvalue weighted by atomic mass is 10.1. The van der Waals surface area contributed by atoms with E-state index in [1.165, 1.54) is 23.9 Å². The van der Waals surface area contributed by atoms with Crippen LogP contribution < -0.4 is 9.64 Å². The van der Waals surface area contributed by atoms with Crippen molar-refractivity contribution < 1.29 is 13.9 Å². The fourth-order valence-electron chi connectivity index (χ4n) is 3.24. The van der Waals surface area contributed by atoms with Gasteiger partial charge in [0.25, 0.3) is 5.91 Å². The molecule has 2 aromatic carbocycles. The van der Waals surface area contributed by atoms with Gasteiger partial charge in [-0.3, -0.25) is 9.69 Å². The molecule has 0 aliphatic carbocycles. The summed E-state index contributed by atoms with van der Waals surface area (Å²) in [5, 5.41) is 0.582. The van der Waals surface area contributed by atoms with Crippen LogP contribution in [0.3, 0.4) is 0 Å². The van der Waals surface area contributed by atoms with Crippen LogP contribution in [0, 0.1) is 5.82 Å². The number of benzene rings is 2. The Labute approximate surface area is 181 Å². The number of halogens is 1. The predicted octanol–water partition coefficient (Wildman–Crippen LogP) is 5.30. The molecule has 158 valence electrons. The van der Waals surface area contributed by atoms with E-state index in [1.54, 1.807) is 24.1 Å². The summed E-state index contributed by atoms with van der Waals surface area (Å²) in [6.07, 6.45) is 1.84. The quantitative estimate of drug-likeness (QED) is 0.562. The molecule has 1 amide bonds. The summed E-state index contributed by atoms with van der Waals surface area (Å²) in [7, 11) is 1.63. The molecule has 1 aliphatic rings. The smallest absolute Gasteiger partial charge is 0.266 e. The minimum Gasteiger partial charge on any atom is -0.496 e. The summed E-state index contributed by atoms with van der Waals surface area (Å²) in [5.41, 5.74) is 2.52. The highest BCUT2D eigenvalue weighted by Crippen LogP contribution is 2.36. The van der Waals surface area contributed by atoms with E-state index in [-0.39, 0.29) is 11.7 Å². The second-order valence-corrected chi connectivity index (χ2v) is 7.64. The van der Waals surface area contributed by atoms with Crippen molar-refractivity contribution in [2.75, 3.05) is 31.6 Å². The van der Waals surface area contributed by atoms with E-state index in [0.29, 0.717) is 28.1 Å². The summed E-state index contributed by atoms with van der Waals surface area (Å²) < 4.78 is 18.7. The van der Waals surface area contributed by atoms with Crippen molar-refractivity contribution >= 4 is 40.3 Å². The zero-order chi connectivity index (χ0) is 21.7. The number of hydrogen-bond donors (Lipinski definition) is 0. The molecule has 3 rings (SSSR count). The van der Waals surface area contributed by atoms with Crippen molar-refractivity contribution in [3.05, 3.63) is 58.8 Å². The Kier molecular flexibility index (Phi) is 7.15. The summed E-state index contributed by atoms with van der Waals surface area (Å²) in [5.74, 6) is 0.299. The SMILES string of the molecule is CCN1C(=O)/C(=C\c2ccc(N(CC)CC)cc2OC)SC1=Nc1ccc(F)cc1. The van der Waals surface area contributed by atoms with Gasteiger partial charge in [-0.25, -0.2) is 9.38 Å². The van der Waals surface area contributed by atoms with Gasteiger partial charge >= 0.3 is 0 Å². The number of amidine groups is 1. The third kappa shape index (κ3) is 4.67. The van der Waals surface area contributed by atoms with Gasteiger partial charge in [0.2, 0.25) is 0 Å². The molecule has 1 heterocycles. The van der Waals surface area contributed by atoms with Crippen LogP contribution in [-0.2, 0) is 4.79 Å². The number of carbonyl (C=O) groups is 1. The molecule has 7 heteroatoms. The molecular formula is C23H26FN3O2S. The van der Waals surface area contributed by atoms with E-state index in [2.05, 4.69) is 23.7 Å². The first-order valence-corrected chi connectivity index (χ1v) is 10.8. The molecule has 1 aliphatic heterocycles. The lowest BCUT2D eigenvalue weighted by Gasteiger charge is -2.22. The second-order valence-electron chi connectivity index (χ2n) is 6.63. The number of aliphatic imine (C=N–C) groups is 1. The Bertz CT molecular complexity index is 969. The van der Waals surface area contributed by atoms with Crippen molar-refractivity contribution in [1.29, 1.82) is 0 Å². The molecule has 0 bridgehead atoms. The average molecular weight is 428 g/mol. The zero-order valence-corrected chi connectivity index (χ0v) is 18.5. The van der Waals surface area contributed by atoms with Gasteiger partial charge in [0, 0.05) is 37.0 Å². The molecule has 0 spiro atoms. The predicted molar refractivity (Wildman–Crippen MR) is 123 cm³/mol. The number of hydrogen-bond acceptors (Lipinski definition) is 5. The maximum Gasteiger partial charge on any atom is 0.266 e. The minimum absolute atomic E-state index is 0.0989. The highest BCUT2D eigenvalue weighted by molar-refractivity contribution is 8.18. The van der Waals surface area contributed by atoms with Crippen LogP contribution in [0.15, 0.2) is 52.4 Å². The average Bonchev–Trinajstić information content (AvgIpc) is 3.05. The number of methoxy groups -OCH3 is 1. The summed E-state index contributed by atoms with van der Waals surface area (Å²) in [6, 6.07) is 11.9. The largest absolute Gasteiger partial charge is 0.496 e. The van der Waals surface area contributed by atoms with E-state index in [4.69, 9.17) is 4.74 Å². The number of anilines is 1. The van der Waals surface area contributed by atoms with Crippen LogP contribution in [0.2, 0.25) is 0 Å². The van der Waals surface area contributed by atoms with Gasteiger partial charge in [0.15, 0.2) is 5.17 Å². The fourth-order valence-corrected chi connectivity index (χ4v) is 4.30. The Balaban J connectivity index is 1.93. The van der Waals surface area contributed by atoms with Gasteiger partial charge in [0.05, 0.1) is 17.7 Å². The topological polar surface area (TPSA) is 45.1 Å². The lowest BCUT2D eigenvalue weighted by molar-refractivity contribution is -0.122. The van der Waals surface area contributed by atoms with Crippen LogP contribution in [-0.4, -0.2) is 42.7 Å². The third-order valence-corrected chi connectivity index (χ3v) is 5.89. The van der Waals surface area contributed by atoms with Crippen LogP contribution in [0.4, 0.5) is 15.8 Å². The molecular weight excluding hydrogens is 401 g/mol. The van der Waals surface area contributed by atoms with Crippen molar-refractivity contribution in [3.8, 4) is 5.75 Å². The van der Waals surface area contributed by atoms with E-state index in [0.717, 1.165) is 24.3 Å². The molecule has 0 N–H and O–H groups in total. The Hall–Kier alpha value is -2.80. The van der Waals surface area contributed by atoms with Gasteiger partial charge in [-0.15, -0.1) is 0 Å². The Morgan fingerprint density at radius 2 is 1.83 bits per heavy atom. The second kappa shape index (κ2) is 9.80. The monoisotopic (exact) mass is 427 g/mol. The fraction of sp³-hybridized carbons (Fsp3) is 0.304. The summed E-state index contributed by atoms with van der Waals surface area (Å²) in [4.78, 5) is 21.9. The normalized spacial score (nSPS) is 16.6. The molecule has 1 saturated heterocycles. The molecule has 5 nitrogen and oxygen atoms in total. The van der Waals surface area contributed by atoms with Crippen molar-refractivity contribution in [1.82, 2.24) is 4.90 Å². The van der Waals surface area contributed by atoms with Gasteiger partial charge in [-0.05, 0) is 75.0 Å².